The van der Waals surface area contributed by atoms with E-state index < -0.39 is 0 Å². The summed E-state index contributed by atoms with van der Waals surface area (Å²) in [6.07, 6.45) is 6.82. The van der Waals surface area contributed by atoms with E-state index >= 15 is 0 Å². The zero-order valence-corrected chi connectivity index (χ0v) is 20.7. The second kappa shape index (κ2) is 9.38. The maximum absolute atomic E-state index is 5.47. The Morgan fingerprint density at radius 1 is 0.967 bits per heavy atom. The summed E-state index contributed by atoms with van der Waals surface area (Å²) in [5.74, 6) is 1.64. The Hall–Kier alpha value is -0.770. The molecule has 0 amide bonds. The predicted molar refractivity (Wildman–Crippen MR) is 130 cm³/mol. The first-order chi connectivity index (χ1) is 13.7. The van der Waals surface area contributed by atoms with E-state index in [-0.39, 0.29) is 12.4 Å². The lowest BCUT2D eigenvalue weighted by molar-refractivity contribution is 0.0968. The van der Waals surface area contributed by atoms with Crippen LogP contribution in [0.5, 0.6) is 0 Å². The summed E-state index contributed by atoms with van der Waals surface area (Å²) in [7, 11) is 1.81. The first-order valence-corrected chi connectivity index (χ1v) is 11.8. The second-order valence-electron chi connectivity index (χ2n) is 11.7. The van der Waals surface area contributed by atoms with E-state index in [9.17, 15) is 0 Å². The van der Waals surface area contributed by atoms with E-state index in [0.717, 1.165) is 5.92 Å². The first kappa shape index (κ1) is 23.9. The van der Waals surface area contributed by atoms with E-state index in [4.69, 9.17) is 4.74 Å². The van der Waals surface area contributed by atoms with E-state index in [0.29, 0.717) is 23.4 Å². The highest BCUT2D eigenvalue weighted by Crippen LogP contribution is 2.53. The molecule has 1 saturated heterocycles. The zero-order chi connectivity index (χ0) is 20.6. The van der Waals surface area contributed by atoms with Crippen LogP contribution >= 0.6 is 12.4 Å². The van der Waals surface area contributed by atoms with Crippen molar-refractivity contribution in [3.63, 3.8) is 0 Å². The fraction of sp³-hybridized carbons (Fsp3) is 0.769. The van der Waals surface area contributed by atoms with Gasteiger partial charge in [0.2, 0.25) is 0 Å². The molecular formula is C26H43ClN2O. The summed E-state index contributed by atoms with van der Waals surface area (Å²) >= 11 is 0. The van der Waals surface area contributed by atoms with E-state index in [1.165, 1.54) is 76.1 Å². The van der Waals surface area contributed by atoms with Crippen LogP contribution in [-0.4, -0.2) is 44.7 Å². The third-order valence-electron chi connectivity index (χ3n) is 7.32. The van der Waals surface area contributed by atoms with E-state index in [1.54, 1.807) is 12.7 Å². The summed E-state index contributed by atoms with van der Waals surface area (Å²) in [5.41, 5.74) is 5.21. The van der Waals surface area contributed by atoms with Gasteiger partial charge in [-0.1, -0.05) is 39.8 Å². The maximum atomic E-state index is 5.47. The Morgan fingerprint density at radius 2 is 1.60 bits per heavy atom. The molecular weight excluding hydrogens is 392 g/mol. The van der Waals surface area contributed by atoms with Gasteiger partial charge in [-0.3, -0.25) is 4.90 Å². The third kappa shape index (κ3) is 5.93. The number of ether oxygens (including phenoxy) is 1. The number of methoxy groups -OCH3 is 1. The quantitative estimate of drug-likeness (QED) is 0.537. The van der Waals surface area contributed by atoms with Gasteiger partial charge in [-0.05, 0) is 72.0 Å². The van der Waals surface area contributed by atoms with E-state index in [1.807, 2.05) is 0 Å². The number of rotatable bonds is 6. The number of benzene rings is 1. The molecule has 3 aliphatic rings. The van der Waals surface area contributed by atoms with Crippen LogP contribution < -0.4 is 4.90 Å². The minimum absolute atomic E-state index is 0. The van der Waals surface area contributed by atoms with Gasteiger partial charge in [-0.25, -0.2) is 0 Å². The molecule has 3 nitrogen and oxygen atoms in total. The highest BCUT2D eigenvalue weighted by molar-refractivity contribution is 5.85. The summed E-state index contributed by atoms with van der Waals surface area (Å²) in [6.45, 7) is 16.7. The Labute approximate surface area is 190 Å². The van der Waals surface area contributed by atoms with Crippen LogP contribution in [0.15, 0.2) is 18.2 Å². The predicted octanol–water partition coefficient (Wildman–Crippen LogP) is 6.11. The van der Waals surface area contributed by atoms with Gasteiger partial charge >= 0.3 is 0 Å². The molecule has 2 saturated carbocycles. The van der Waals surface area contributed by atoms with Crippen LogP contribution in [-0.2, 0) is 11.3 Å². The molecule has 4 rings (SSSR count). The van der Waals surface area contributed by atoms with Crippen molar-refractivity contribution in [1.29, 1.82) is 0 Å². The smallest absolute Gasteiger partial charge is 0.0713 e. The van der Waals surface area contributed by atoms with Gasteiger partial charge in [-0.2, -0.15) is 0 Å². The fourth-order valence-electron chi connectivity index (χ4n) is 6.38. The Bertz CT molecular complexity index is 689. The minimum atomic E-state index is 0. The van der Waals surface area contributed by atoms with Crippen molar-refractivity contribution in [3.05, 3.63) is 29.3 Å². The number of piperazine rings is 1. The van der Waals surface area contributed by atoms with Gasteiger partial charge < -0.3 is 9.64 Å². The lowest BCUT2D eigenvalue weighted by Crippen LogP contribution is -2.47. The molecule has 0 bridgehead atoms. The number of hydrogen-bond acceptors (Lipinski definition) is 3. The molecule has 0 aromatic heterocycles. The van der Waals surface area contributed by atoms with Crippen molar-refractivity contribution in [3.8, 4) is 0 Å². The molecule has 2 aliphatic carbocycles. The Kier molecular flexibility index (Phi) is 7.47. The molecule has 1 aromatic rings. The SMILES string of the molecule is COCc1ccc(N2CCN(CC3CC3)CC2)c(C2CC(C)(C)CC(C)(C)C2)c1.Cl. The monoisotopic (exact) mass is 434 g/mol. The average molecular weight is 435 g/mol. The third-order valence-corrected chi connectivity index (χ3v) is 7.32. The molecule has 0 atom stereocenters. The van der Waals surface area contributed by atoms with Gasteiger partial charge in [0.15, 0.2) is 0 Å². The normalized spacial score (nSPS) is 24.5. The van der Waals surface area contributed by atoms with Crippen molar-refractivity contribution in [2.45, 2.75) is 72.3 Å². The van der Waals surface area contributed by atoms with Gasteiger partial charge in [-0.15, -0.1) is 12.4 Å². The largest absolute Gasteiger partial charge is 0.380 e. The lowest BCUT2D eigenvalue weighted by Gasteiger charge is -2.46. The van der Waals surface area contributed by atoms with Crippen molar-refractivity contribution in [2.24, 2.45) is 16.7 Å². The van der Waals surface area contributed by atoms with Crippen molar-refractivity contribution >= 4 is 18.1 Å². The number of halogens is 1. The van der Waals surface area contributed by atoms with Crippen LogP contribution in [0.3, 0.4) is 0 Å². The molecule has 30 heavy (non-hydrogen) atoms. The molecule has 170 valence electrons. The van der Waals surface area contributed by atoms with E-state index in [2.05, 4.69) is 55.7 Å². The van der Waals surface area contributed by atoms with Crippen LogP contribution in [0.4, 0.5) is 5.69 Å². The standard InChI is InChI=1S/C26H42N2O.ClH/c1-25(2)15-22(16-26(3,4)19-25)23-14-21(18-29-5)8-9-24(23)28-12-10-27(11-13-28)17-20-6-7-20;/h8-9,14,20,22H,6-7,10-13,15-19H2,1-5H3;1H. The van der Waals surface area contributed by atoms with Crippen LogP contribution in [0.1, 0.15) is 76.8 Å². The Balaban J connectivity index is 0.00000256. The zero-order valence-electron chi connectivity index (χ0n) is 19.9. The molecule has 1 heterocycles. The molecule has 0 N–H and O–H groups in total. The average Bonchev–Trinajstić information content (AvgIpc) is 3.44. The number of nitrogens with zero attached hydrogens (tertiary/aromatic N) is 2. The van der Waals surface area contributed by atoms with Crippen LogP contribution in [0.2, 0.25) is 0 Å². The molecule has 4 heteroatoms. The van der Waals surface area contributed by atoms with Gasteiger partial charge in [0.25, 0.3) is 0 Å². The fourth-order valence-corrected chi connectivity index (χ4v) is 6.38. The molecule has 0 spiro atoms. The highest BCUT2D eigenvalue weighted by Gasteiger charge is 2.40. The van der Waals surface area contributed by atoms with Crippen molar-refractivity contribution in [2.75, 3.05) is 44.7 Å². The molecule has 3 fully saturated rings. The molecule has 0 unspecified atom stereocenters. The van der Waals surface area contributed by atoms with Crippen molar-refractivity contribution in [1.82, 2.24) is 4.90 Å². The summed E-state index contributed by atoms with van der Waals surface area (Å²) in [4.78, 5) is 5.36. The van der Waals surface area contributed by atoms with Crippen molar-refractivity contribution < 1.29 is 4.74 Å². The summed E-state index contributed by atoms with van der Waals surface area (Å²) < 4.78 is 5.47. The maximum Gasteiger partial charge on any atom is 0.0713 e. The number of hydrogen-bond donors (Lipinski definition) is 0. The van der Waals surface area contributed by atoms with Gasteiger partial charge in [0, 0.05) is 45.5 Å². The number of anilines is 1. The first-order valence-electron chi connectivity index (χ1n) is 11.8. The minimum Gasteiger partial charge on any atom is -0.380 e. The summed E-state index contributed by atoms with van der Waals surface area (Å²) in [6, 6.07) is 7.16. The molecule has 0 radical (unpaired) electrons. The lowest BCUT2D eigenvalue weighted by atomic mass is 9.60. The highest BCUT2D eigenvalue weighted by atomic mass is 35.5. The molecule has 1 aromatic carbocycles. The molecule has 1 aliphatic heterocycles. The van der Waals surface area contributed by atoms with Gasteiger partial charge in [0.1, 0.15) is 0 Å². The topological polar surface area (TPSA) is 15.7 Å². The Morgan fingerprint density at radius 3 is 2.17 bits per heavy atom. The van der Waals surface area contributed by atoms with Crippen LogP contribution in [0, 0.1) is 16.7 Å². The summed E-state index contributed by atoms with van der Waals surface area (Å²) in [5, 5.41) is 0. The van der Waals surface area contributed by atoms with Gasteiger partial charge in [0.05, 0.1) is 6.61 Å². The van der Waals surface area contributed by atoms with Crippen LogP contribution in [0.25, 0.3) is 0 Å². The second-order valence-corrected chi connectivity index (χ2v) is 11.7.